The van der Waals surface area contributed by atoms with Gasteiger partial charge in [0.05, 0.1) is 16.4 Å². The summed E-state index contributed by atoms with van der Waals surface area (Å²) in [6.45, 7) is 4.85. The molecule has 0 aromatic heterocycles. The Morgan fingerprint density at radius 2 is 2.08 bits per heavy atom. The quantitative estimate of drug-likeness (QED) is 0.568. The van der Waals surface area contributed by atoms with Crippen molar-refractivity contribution < 1.29 is 9.53 Å². The highest BCUT2D eigenvalue weighted by atomic mass is 35.5. The molecule has 1 amide bonds. The number of ether oxygens (including phenoxy) is 1. The number of carbonyl (C=O) groups excluding carboxylic acids is 1. The van der Waals surface area contributed by atoms with Gasteiger partial charge in [-0.2, -0.15) is 0 Å². The smallest absolute Gasteiger partial charge is 0.235 e. The summed E-state index contributed by atoms with van der Waals surface area (Å²) in [6, 6.07) is 7.64. The summed E-state index contributed by atoms with van der Waals surface area (Å²) in [6.07, 6.45) is 2.96. The first kappa shape index (κ1) is 21.6. The zero-order chi connectivity index (χ0) is 16.7. The molecule has 2 N–H and O–H groups in total. The average molecular weight is 393 g/mol. The zero-order valence-electron chi connectivity index (χ0n) is 13.9. The van der Waals surface area contributed by atoms with E-state index in [2.05, 4.69) is 0 Å². The van der Waals surface area contributed by atoms with Crippen LogP contribution in [0.3, 0.4) is 0 Å². The predicted octanol–water partition coefficient (Wildman–Crippen LogP) is 3.60. The molecule has 24 heavy (non-hydrogen) atoms. The van der Waals surface area contributed by atoms with E-state index in [1.807, 2.05) is 36.1 Å². The Hall–Kier alpha value is -0.460. The van der Waals surface area contributed by atoms with Crippen LogP contribution in [0.4, 0.5) is 0 Å². The lowest BCUT2D eigenvalue weighted by Gasteiger charge is -2.33. The summed E-state index contributed by atoms with van der Waals surface area (Å²) < 4.78 is 5.78. The van der Waals surface area contributed by atoms with Gasteiger partial charge in [-0.05, 0) is 44.9 Å². The van der Waals surface area contributed by atoms with Crippen molar-refractivity contribution in [1.29, 1.82) is 0 Å². The lowest BCUT2D eigenvalue weighted by Crippen LogP contribution is -2.44. The van der Waals surface area contributed by atoms with Gasteiger partial charge in [0, 0.05) is 24.6 Å². The Morgan fingerprint density at radius 3 is 2.71 bits per heavy atom. The number of benzene rings is 1. The van der Waals surface area contributed by atoms with Crippen molar-refractivity contribution in [2.75, 3.05) is 26.2 Å². The van der Waals surface area contributed by atoms with E-state index in [0.29, 0.717) is 18.2 Å². The molecule has 0 bridgehead atoms. The lowest BCUT2D eigenvalue weighted by molar-refractivity contribution is -0.132. The molecule has 0 spiro atoms. The van der Waals surface area contributed by atoms with Crippen molar-refractivity contribution in [2.24, 2.45) is 5.73 Å². The van der Waals surface area contributed by atoms with Gasteiger partial charge >= 0.3 is 0 Å². The molecular formula is C17H26Cl2N2O2S. The van der Waals surface area contributed by atoms with Crippen molar-refractivity contribution in [1.82, 2.24) is 4.90 Å². The normalized spacial score (nSPS) is 16.5. The van der Waals surface area contributed by atoms with Gasteiger partial charge in [-0.1, -0.05) is 23.7 Å². The maximum absolute atomic E-state index is 12.6. The molecule has 1 heterocycles. The van der Waals surface area contributed by atoms with Crippen LogP contribution in [0.5, 0.6) is 0 Å². The largest absolute Gasteiger partial charge is 0.378 e. The number of hydrogen-bond donors (Lipinski definition) is 1. The molecule has 0 aliphatic carbocycles. The number of nitrogens with zero attached hydrogens (tertiary/aromatic N) is 1. The molecule has 4 nitrogen and oxygen atoms in total. The second-order valence-corrected chi connectivity index (χ2v) is 7.52. The molecule has 1 saturated heterocycles. The number of piperidine rings is 1. The minimum atomic E-state index is -0.135. The second kappa shape index (κ2) is 11.2. The monoisotopic (exact) mass is 392 g/mol. The second-order valence-electron chi connectivity index (χ2n) is 5.73. The van der Waals surface area contributed by atoms with E-state index >= 15 is 0 Å². The molecule has 1 aliphatic rings. The van der Waals surface area contributed by atoms with Crippen molar-refractivity contribution in [2.45, 2.75) is 42.4 Å². The topological polar surface area (TPSA) is 55.6 Å². The van der Waals surface area contributed by atoms with E-state index in [4.69, 9.17) is 22.1 Å². The van der Waals surface area contributed by atoms with Gasteiger partial charge in [0.2, 0.25) is 5.91 Å². The van der Waals surface area contributed by atoms with E-state index in [1.54, 1.807) is 0 Å². The molecule has 1 aliphatic heterocycles. The molecule has 2 rings (SSSR count). The van der Waals surface area contributed by atoms with E-state index in [0.717, 1.165) is 37.2 Å². The fourth-order valence-electron chi connectivity index (χ4n) is 2.61. The molecular weight excluding hydrogens is 367 g/mol. The minimum absolute atomic E-state index is 0. The van der Waals surface area contributed by atoms with E-state index in [-0.39, 0.29) is 29.7 Å². The lowest BCUT2D eigenvalue weighted by atomic mass is 10.1. The fourth-order valence-corrected chi connectivity index (χ4v) is 3.85. The number of thioether (sulfide) groups is 1. The number of likely N-dealkylation sites (tertiary alicyclic amines) is 1. The molecule has 136 valence electrons. The van der Waals surface area contributed by atoms with Crippen LogP contribution in [-0.4, -0.2) is 48.4 Å². The minimum Gasteiger partial charge on any atom is -0.378 e. The van der Waals surface area contributed by atoms with Crippen LogP contribution in [0.2, 0.25) is 5.02 Å². The summed E-state index contributed by atoms with van der Waals surface area (Å²) >= 11 is 7.69. The van der Waals surface area contributed by atoms with Gasteiger partial charge in [0.15, 0.2) is 0 Å². The van der Waals surface area contributed by atoms with Gasteiger partial charge < -0.3 is 15.4 Å². The predicted molar refractivity (Wildman–Crippen MR) is 103 cm³/mol. The number of halogens is 2. The first-order valence-corrected chi connectivity index (χ1v) is 9.39. The van der Waals surface area contributed by atoms with Crippen molar-refractivity contribution >= 4 is 41.7 Å². The summed E-state index contributed by atoms with van der Waals surface area (Å²) in [5, 5.41) is 0.564. The molecule has 0 saturated carbocycles. The van der Waals surface area contributed by atoms with Crippen molar-refractivity contribution in [3.05, 3.63) is 29.3 Å². The fraction of sp³-hybridized carbons (Fsp3) is 0.588. The maximum atomic E-state index is 12.6. The van der Waals surface area contributed by atoms with Crippen LogP contribution in [0.25, 0.3) is 0 Å². The van der Waals surface area contributed by atoms with E-state index < -0.39 is 0 Å². The standard InChI is InChI=1S/C17H25ClN2O2S.ClH/c1-13(23-16-6-3-2-5-15(16)18)17(21)20-10-7-14(8-11-20)22-12-4-9-19;/h2-3,5-6,13-14H,4,7-12,19H2,1H3;1H. The number of carbonyl (C=O) groups is 1. The van der Waals surface area contributed by atoms with Gasteiger partial charge in [-0.3, -0.25) is 4.79 Å². The number of nitrogens with two attached hydrogens (primary N) is 1. The Balaban J connectivity index is 0.00000288. The maximum Gasteiger partial charge on any atom is 0.235 e. The summed E-state index contributed by atoms with van der Waals surface area (Å²) in [5.41, 5.74) is 5.47. The Kier molecular flexibility index (Phi) is 10.1. The Bertz CT molecular complexity index is 511. The first-order chi connectivity index (χ1) is 11.1. The van der Waals surface area contributed by atoms with Crippen molar-refractivity contribution in [3.63, 3.8) is 0 Å². The van der Waals surface area contributed by atoms with Gasteiger partial charge in [0.25, 0.3) is 0 Å². The van der Waals surface area contributed by atoms with E-state index in [1.165, 1.54) is 11.8 Å². The van der Waals surface area contributed by atoms with Crippen LogP contribution in [0.15, 0.2) is 29.2 Å². The van der Waals surface area contributed by atoms with Gasteiger partial charge in [0.1, 0.15) is 0 Å². The molecule has 1 aromatic rings. The van der Waals surface area contributed by atoms with Gasteiger partial charge in [-0.15, -0.1) is 24.2 Å². The zero-order valence-corrected chi connectivity index (χ0v) is 16.3. The highest BCUT2D eigenvalue weighted by Gasteiger charge is 2.27. The molecule has 1 fully saturated rings. The molecule has 0 radical (unpaired) electrons. The highest BCUT2D eigenvalue weighted by molar-refractivity contribution is 8.00. The summed E-state index contributed by atoms with van der Waals surface area (Å²) in [4.78, 5) is 15.5. The number of amides is 1. The molecule has 7 heteroatoms. The molecule has 1 aromatic carbocycles. The van der Waals surface area contributed by atoms with Crippen LogP contribution < -0.4 is 5.73 Å². The Morgan fingerprint density at radius 1 is 1.42 bits per heavy atom. The highest BCUT2D eigenvalue weighted by Crippen LogP contribution is 2.31. The van der Waals surface area contributed by atoms with E-state index in [9.17, 15) is 4.79 Å². The SMILES string of the molecule is CC(Sc1ccccc1Cl)C(=O)N1CCC(OCCCN)CC1.Cl. The number of rotatable bonds is 7. The van der Waals surface area contributed by atoms with Crippen LogP contribution >= 0.6 is 35.8 Å². The van der Waals surface area contributed by atoms with Crippen LogP contribution in [0, 0.1) is 0 Å². The first-order valence-electron chi connectivity index (χ1n) is 8.13. The van der Waals surface area contributed by atoms with Crippen LogP contribution in [0.1, 0.15) is 26.2 Å². The third-order valence-corrected chi connectivity index (χ3v) is 5.55. The summed E-state index contributed by atoms with van der Waals surface area (Å²) in [7, 11) is 0. The summed E-state index contributed by atoms with van der Waals surface area (Å²) in [5.74, 6) is 0.176. The third kappa shape index (κ3) is 6.45. The van der Waals surface area contributed by atoms with Gasteiger partial charge in [-0.25, -0.2) is 0 Å². The van der Waals surface area contributed by atoms with Crippen LogP contribution in [-0.2, 0) is 9.53 Å². The average Bonchev–Trinajstić information content (AvgIpc) is 2.57. The Labute approximate surface area is 159 Å². The third-order valence-electron chi connectivity index (χ3n) is 3.94. The molecule has 1 unspecified atom stereocenters. The number of hydrogen-bond acceptors (Lipinski definition) is 4. The molecule has 1 atom stereocenters. The van der Waals surface area contributed by atoms with Crippen molar-refractivity contribution in [3.8, 4) is 0 Å².